The van der Waals surface area contributed by atoms with E-state index in [2.05, 4.69) is 49.5 Å². The minimum absolute atomic E-state index is 0.0449. The first-order valence-corrected chi connectivity index (χ1v) is 9.90. The molecule has 4 rings (SSSR count). The van der Waals surface area contributed by atoms with E-state index >= 15 is 0 Å². The number of amides is 1. The summed E-state index contributed by atoms with van der Waals surface area (Å²) in [6.07, 6.45) is 5.25. The number of nitrogens with one attached hydrogen (secondary N) is 1. The maximum atomic E-state index is 11.6. The first-order chi connectivity index (χ1) is 13.2. The number of carbonyl (C=O) groups excluding carboxylic acids is 1. The zero-order chi connectivity index (χ0) is 20.1. The smallest absolute Gasteiger partial charge is 0.220 e. The molecule has 0 spiro atoms. The predicted molar refractivity (Wildman–Crippen MR) is 110 cm³/mol. The van der Waals surface area contributed by atoms with Crippen molar-refractivity contribution < 1.29 is 9.53 Å². The Bertz CT molecular complexity index is 952. The van der Waals surface area contributed by atoms with Crippen LogP contribution in [0.2, 0.25) is 0 Å². The topological polar surface area (TPSA) is 68.5 Å². The van der Waals surface area contributed by atoms with Crippen LogP contribution in [0.5, 0.6) is 5.75 Å². The molecule has 0 radical (unpaired) electrons. The number of ether oxygens (including phenoxy) is 1. The average molecular weight is 380 g/mol. The van der Waals surface area contributed by atoms with Gasteiger partial charge in [0.2, 0.25) is 5.91 Å². The maximum Gasteiger partial charge on any atom is 0.220 e. The Kier molecular flexibility index (Phi) is 4.52. The molecule has 1 fully saturated rings. The summed E-state index contributed by atoms with van der Waals surface area (Å²) in [6, 6.07) is 4.21. The Morgan fingerprint density at radius 3 is 2.71 bits per heavy atom. The highest BCUT2D eigenvalue weighted by atomic mass is 16.5. The highest BCUT2D eigenvalue weighted by molar-refractivity contribution is 5.94. The van der Waals surface area contributed by atoms with E-state index in [1.807, 2.05) is 24.7 Å². The lowest BCUT2D eigenvalue weighted by Crippen LogP contribution is -2.26. The van der Waals surface area contributed by atoms with E-state index in [0.717, 1.165) is 40.3 Å². The lowest BCUT2D eigenvalue weighted by Gasteiger charge is -2.22. The van der Waals surface area contributed by atoms with Gasteiger partial charge in [0.05, 0.1) is 17.4 Å². The third-order valence-electron chi connectivity index (χ3n) is 5.52. The van der Waals surface area contributed by atoms with Gasteiger partial charge in [-0.05, 0) is 52.3 Å². The molecule has 0 saturated carbocycles. The molecule has 6 nitrogen and oxygen atoms in total. The van der Waals surface area contributed by atoms with E-state index < -0.39 is 0 Å². The molecule has 1 saturated heterocycles. The molecule has 6 heteroatoms. The zero-order valence-corrected chi connectivity index (χ0v) is 17.2. The second-order valence-corrected chi connectivity index (χ2v) is 8.93. The number of aromatic nitrogens is 2. The Labute approximate surface area is 166 Å². The minimum Gasteiger partial charge on any atom is -0.490 e. The predicted octanol–water partition coefficient (Wildman–Crippen LogP) is 3.86. The van der Waals surface area contributed by atoms with E-state index in [4.69, 9.17) is 9.73 Å². The number of aliphatic imine (C=N–C) groups is 1. The van der Waals surface area contributed by atoms with Gasteiger partial charge in [-0.1, -0.05) is 0 Å². The van der Waals surface area contributed by atoms with Crippen molar-refractivity contribution >= 4 is 17.3 Å². The zero-order valence-electron chi connectivity index (χ0n) is 17.2. The molecule has 1 aromatic carbocycles. The van der Waals surface area contributed by atoms with Crippen LogP contribution in [0, 0.1) is 5.92 Å². The number of nitrogens with zero attached hydrogens (tertiary/aromatic N) is 3. The van der Waals surface area contributed by atoms with Gasteiger partial charge in [-0.15, -0.1) is 0 Å². The molecule has 1 amide bonds. The van der Waals surface area contributed by atoms with Crippen molar-refractivity contribution in [3.63, 3.8) is 0 Å². The van der Waals surface area contributed by atoms with Gasteiger partial charge in [-0.25, -0.2) is 0 Å². The molecule has 2 aromatic rings. The number of benzene rings is 1. The third-order valence-corrected chi connectivity index (χ3v) is 5.52. The normalized spacial score (nSPS) is 20.0. The fourth-order valence-electron chi connectivity index (χ4n) is 3.78. The first-order valence-electron chi connectivity index (χ1n) is 9.90. The highest BCUT2D eigenvalue weighted by Crippen LogP contribution is 2.40. The van der Waals surface area contributed by atoms with E-state index in [-0.39, 0.29) is 23.5 Å². The number of hydrogen-bond acceptors (Lipinski definition) is 4. The van der Waals surface area contributed by atoms with Gasteiger partial charge in [0, 0.05) is 48.3 Å². The quantitative estimate of drug-likeness (QED) is 0.876. The van der Waals surface area contributed by atoms with Crippen LogP contribution < -0.4 is 10.1 Å². The molecular formula is C22H28N4O2. The standard InChI is InChI=1S/C22H28N4O2/c1-13-6-18-19(25-13)7-15(17-11-24-26(12-17)22(3,4)5)8-20(18)28-14(2)16-9-21(27)23-10-16/h7-8,11-12,14,16H,6,9-10H2,1-5H3,(H,23,27)/t14-,16-/m1/s1. The van der Waals surface area contributed by atoms with E-state index in [1.54, 1.807) is 0 Å². The second kappa shape index (κ2) is 6.76. The molecule has 3 heterocycles. The molecular weight excluding hydrogens is 352 g/mol. The van der Waals surface area contributed by atoms with Crippen molar-refractivity contribution in [1.29, 1.82) is 0 Å². The molecule has 2 atom stereocenters. The third kappa shape index (κ3) is 3.55. The summed E-state index contributed by atoms with van der Waals surface area (Å²) in [7, 11) is 0. The molecule has 0 aliphatic carbocycles. The lowest BCUT2D eigenvalue weighted by atomic mass is 10.0. The summed E-state index contributed by atoms with van der Waals surface area (Å²) in [5, 5.41) is 7.43. The van der Waals surface area contributed by atoms with E-state index in [1.165, 1.54) is 0 Å². The highest BCUT2D eigenvalue weighted by Gasteiger charge is 2.29. The van der Waals surface area contributed by atoms with E-state index in [9.17, 15) is 4.79 Å². The van der Waals surface area contributed by atoms with Gasteiger partial charge < -0.3 is 10.1 Å². The van der Waals surface area contributed by atoms with Crippen molar-refractivity contribution in [1.82, 2.24) is 15.1 Å². The summed E-state index contributed by atoms with van der Waals surface area (Å²) < 4.78 is 8.36. The monoisotopic (exact) mass is 380 g/mol. The van der Waals surface area contributed by atoms with Crippen molar-refractivity contribution in [3.05, 3.63) is 30.1 Å². The van der Waals surface area contributed by atoms with Crippen LogP contribution in [-0.2, 0) is 16.8 Å². The average Bonchev–Trinajstić information content (AvgIpc) is 3.32. The second-order valence-electron chi connectivity index (χ2n) is 8.93. The molecule has 2 aliphatic heterocycles. The van der Waals surface area contributed by atoms with Gasteiger partial charge in [0.1, 0.15) is 11.9 Å². The van der Waals surface area contributed by atoms with Crippen LogP contribution in [0.25, 0.3) is 11.1 Å². The fraction of sp³-hybridized carbons (Fsp3) is 0.500. The van der Waals surface area contributed by atoms with Crippen LogP contribution in [0.3, 0.4) is 0 Å². The Balaban J connectivity index is 1.67. The van der Waals surface area contributed by atoms with E-state index in [0.29, 0.717) is 13.0 Å². The van der Waals surface area contributed by atoms with Gasteiger partial charge in [0.15, 0.2) is 0 Å². The van der Waals surface area contributed by atoms with Crippen molar-refractivity contribution in [2.45, 2.75) is 59.1 Å². The Hall–Kier alpha value is -2.63. The van der Waals surface area contributed by atoms with Crippen LogP contribution >= 0.6 is 0 Å². The molecule has 1 N–H and O–H groups in total. The Morgan fingerprint density at radius 2 is 2.07 bits per heavy atom. The number of hydrogen-bond donors (Lipinski definition) is 1. The maximum absolute atomic E-state index is 11.6. The first kappa shape index (κ1) is 18.7. The summed E-state index contributed by atoms with van der Waals surface area (Å²) in [4.78, 5) is 16.3. The van der Waals surface area contributed by atoms with Gasteiger partial charge in [-0.2, -0.15) is 5.10 Å². The van der Waals surface area contributed by atoms with Crippen LogP contribution in [-0.4, -0.2) is 34.0 Å². The van der Waals surface area contributed by atoms with Crippen molar-refractivity contribution in [3.8, 4) is 16.9 Å². The van der Waals surface area contributed by atoms with Crippen molar-refractivity contribution in [2.75, 3.05) is 6.54 Å². The molecule has 0 unspecified atom stereocenters. The number of rotatable bonds is 4. The summed E-state index contributed by atoms with van der Waals surface area (Å²) in [6.45, 7) is 11.2. The Morgan fingerprint density at radius 1 is 1.29 bits per heavy atom. The van der Waals surface area contributed by atoms with Crippen LogP contribution in [0.15, 0.2) is 29.5 Å². The van der Waals surface area contributed by atoms with Gasteiger partial charge in [0.25, 0.3) is 0 Å². The summed E-state index contributed by atoms with van der Waals surface area (Å²) >= 11 is 0. The number of carbonyl (C=O) groups is 1. The summed E-state index contributed by atoms with van der Waals surface area (Å²) in [5.41, 5.74) is 5.23. The van der Waals surface area contributed by atoms with Crippen LogP contribution in [0.4, 0.5) is 5.69 Å². The van der Waals surface area contributed by atoms with Crippen LogP contribution in [0.1, 0.15) is 46.6 Å². The number of fused-ring (bicyclic) bond motifs is 1. The minimum atomic E-state index is -0.0699. The summed E-state index contributed by atoms with van der Waals surface area (Å²) in [5.74, 6) is 1.16. The largest absolute Gasteiger partial charge is 0.490 e. The fourth-order valence-corrected chi connectivity index (χ4v) is 3.78. The van der Waals surface area contributed by atoms with Crippen molar-refractivity contribution in [2.24, 2.45) is 10.9 Å². The molecule has 148 valence electrons. The van der Waals surface area contributed by atoms with Gasteiger partial charge >= 0.3 is 0 Å². The molecule has 2 aliphatic rings. The molecule has 0 bridgehead atoms. The SMILES string of the molecule is CC1=Nc2cc(-c3cnn(C(C)(C)C)c3)cc(O[C@H](C)[C@H]3CNC(=O)C3)c2C1. The molecule has 1 aromatic heterocycles. The van der Waals surface area contributed by atoms with Gasteiger partial charge in [-0.3, -0.25) is 14.5 Å². The lowest BCUT2D eigenvalue weighted by molar-refractivity contribution is -0.119. The molecule has 28 heavy (non-hydrogen) atoms.